The van der Waals surface area contributed by atoms with Crippen LogP contribution in [-0.2, 0) is 4.74 Å². The van der Waals surface area contributed by atoms with E-state index in [-0.39, 0.29) is 0 Å². The molecule has 0 amide bonds. The predicted octanol–water partition coefficient (Wildman–Crippen LogP) is 4.12. The number of thioether (sulfide) groups is 1. The molecule has 1 nitrogen and oxygen atoms in total. The molecule has 0 bridgehead atoms. The van der Waals surface area contributed by atoms with E-state index < -0.39 is 0 Å². The van der Waals surface area contributed by atoms with Gasteiger partial charge in [-0.2, -0.15) is 0 Å². The summed E-state index contributed by atoms with van der Waals surface area (Å²) in [7, 11) is 1.70. The highest BCUT2D eigenvalue weighted by Crippen LogP contribution is 2.33. The first kappa shape index (κ1) is 12.2. The van der Waals surface area contributed by atoms with Gasteiger partial charge in [-0.05, 0) is 18.6 Å². The molecule has 0 aromatic heterocycles. The second kappa shape index (κ2) is 6.57. The first-order chi connectivity index (χ1) is 6.75. The molecule has 0 N–H and O–H groups in total. The SMILES string of the molecule is COCCCSc1c(Cl)cccc1Cl. The van der Waals surface area contributed by atoms with Crippen LogP contribution in [0.15, 0.2) is 23.1 Å². The van der Waals surface area contributed by atoms with Gasteiger partial charge >= 0.3 is 0 Å². The van der Waals surface area contributed by atoms with E-state index in [2.05, 4.69) is 0 Å². The van der Waals surface area contributed by atoms with Crippen LogP contribution in [0.25, 0.3) is 0 Å². The number of halogens is 2. The van der Waals surface area contributed by atoms with Crippen LogP contribution < -0.4 is 0 Å². The minimum atomic E-state index is 0.722. The van der Waals surface area contributed by atoms with Crippen molar-refractivity contribution in [3.63, 3.8) is 0 Å². The molecule has 0 fully saturated rings. The van der Waals surface area contributed by atoms with Crippen molar-refractivity contribution in [3.05, 3.63) is 28.2 Å². The normalized spacial score (nSPS) is 10.5. The van der Waals surface area contributed by atoms with Gasteiger partial charge in [-0.1, -0.05) is 29.3 Å². The molecule has 0 aliphatic heterocycles. The fourth-order valence-electron chi connectivity index (χ4n) is 0.998. The molecule has 0 aliphatic rings. The Kier molecular flexibility index (Phi) is 5.71. The number of ether oxygens (including phenoxy) is 1. The molecule has 78 valence electrons. The zero-order chi connectivity index (χ0) is 10.4. The highest BCUT2D eigenvalue weighted by molar-refractivity contribution is 7.99. The molecule has 0 spiro atoms. The van der Waals surface area contributed by atoms with Crippen molar-refractivity contribution in [2.75, 3.05) is 19.5 Å². The number of methoxy groups -OCH3 is 1. The largest absolute Gasteiger partial charge is 0.385 e. The summed E-state index contributed by atoms with van der Waals surface area (Å²) in [4.78, 5) is 0.965. The Morgan fingerprint density at radius 3 is 2.50 bits per heavy atom. The maximum absolute atomic E-state index is 6.01. The standard InChI is InChI=1S/C10H12Cl2OS/c1-13-6-3-7-14-10-8(11)4-2-5-9(10)12/h2,4-5H,3,6-7H2,1H3. The van der Waals surface area contributed by atoms with Crippen LogP contribution in [0.2, 0.25) is 10.0 Å². The molecule has 4 heteroatoms. The van der Waals surface area contributed by atoms with Gasteiger partial charge in [0.15, 0.2) is 0 Å². The van der Waals surface area contributed by atoms with Gasteiger partial charge in [0.25, 0.3) is 0 Å². The average Bonchev–Trinajstić information content (AvgIpc) is 2.16. The molecule has 0 unspecified atom stereocenters. The zero-order valence-electron chi connectivity index (χ0n) is 7.93. The fourth-order valence-corrected chi connectivity index (χ4v) is 2.60. The van der Waals surface area contributed by atoms with Crippen molar-refractivity contribution in [1.82, 2.24) is 0 Å². The van der Waals surface area contributed by atoms with E-state index in [0.29, 0.717) is 0 Å². The lowest BCUT2D eigenvalue weighted by molar-refractivity contribution is 0.200. The Labute approximate surface area is 98.7 Å². The van der Waals surface area contributed by atoms with Crippen molar-refractivity contribution in [2.24, 2.45) is 0 Å². The van der Waals surface area contributed by atoms with Gasteiger partial charge in [0, 0.05) is 24.4 Å². The van der Waals surface area contributed by atoms with Gasteiger partial charge in [-0.25, -0.2) is 0 Å². The molecule has 0 aliphatic carbocycles. The van der Waals surface area contributed by atoms with Gasteiger partial charge in [0.1, 0.15) is 0 Å². The van der Waals surface area contributed by atoms with Crippen LogP contribution in [0.3, 0.4) is 0 Å². The van der Waals surface area contributed by atoms with E-state index in [1.54, 1.807) is 18.9 Å². The van der Waals surface area contributed by atoms with Crippen molar-refractivity contribution in [2.45, 2.75) is 11.3 Å². The third kappa shape index (κ3) is 3.70. The summed E-state index contributed by atoms with van der Waals surface area (Å²) in [5, 5.41) is 1.44. The predicted molar refractivity (Wildman–Crippen MR) is 63.7 cm³/mol. The van der Waals surface area contributed by atoms with E-state index in [9.17, 15) is 0 Å². The molecule has 1 aromatic rings. The van der Waals surface area contributed by atoms with Crippen LogP contribution in [0.1, 0.15) is 6.42 Å². The summed E-state index contributed by atoms with van der Waals surface area (Å²) >= 11 is 13.7. The number of hydrogen-bond donors (Lipinski definition) is 0. The molecule has 0 saturated carbocycles. The van der Waals surface area contributed by atoms with Gasteiger partial charge < -0.3 is 4.74 Å². The Bertz CT molecular complexity index is 271. The Balaban J connectivity index is 2.49. The summed E-state index contributed by atoms with van der Waals surface area (Å²) in [6.07, 6.45) is 1.00. The summed E-state index contributed by atoms with van der Waals surface area (Å²) < 4.78 is 4.96. The topological polar surface area (TPSA) is 9.23 Å². The Morgan fingerprint density at radius 2 is 1.93 bits per heavy atom. The summed E-state index contributed by atoms with van der Waals surface area (Å²) in [6, 6.07) is 5.56. The highest BCUT2D eigenvalue weighted by Gasteiger charge is 2.04. The average molecular weight is 251 g/mol. The second-order valence-electron chi connectivity index (χ2n) is 2.75. The fraction of sp³-hybridized carbons (Fsp3) is 0.400. The first-order valence-electron chi connectivity index (χ1n) is 4.31. The van der Waals surface area contributed by atoms with Crippen LogP contribution in [0, 0.1) is 0 Å². The lowest BCUT2D eigenvalue weighted by atomic mass is 10.4. The molecule has 0 radical (unpaired) electrons. The maximum Gasteiger partial charge on any atom is 0.0556 e. The van der Waals surface area contributed by atoms with Crippen molar-refractivity contribution in [1.29, 1.82) is 0 Å². The van der Waals surface area contributed by atoms with E-state index in [1.165, 1.54) is 0 Å². The van der Waals surface area contributed by atoms with Crippen LogP contribution in [0.4, 0.5) is 0 Å². The van der Waals surface area contributed by atoms with Gasteiger partial charge in [-0.3, -0.25) is 0 Å². The number of hydrogen-bond acceptors (Lipinski definition) is 2. The van der Waals surface area contributed by atoms with E-state index in [4.69, 9.17) is 27.9 Å². The lowest BCUT2D eigenvalue weighted by Crippen LogP contribution is -1.90. The maximum atomic E-state index is 6.01. The minimum absolute atomic E-state index is 0.722. The lowest BCUT2D eigenvalue weighted by Gasteiger charge is -2.05. The number of benzene rings is 1. The third-order valence-corrected chi connectivity index (χ3v) is 3.73. The van der Waals surface area contributed by atoms with Gasteiger partial charge in [0.2, 0.25) is 0 Å². The summed E-state index contributed by atoms with van der Waals surface area (Å²) in [5.41, 5.74) is 0. The molecule has 0 atom stereocenters. The monoisotopic (exact) mass is 250 g/mol. The van der Waals surface area contributed by atoms with Gasteiger partial charge in [0.05, 0.1) is 10.0 Å². The van der Waals surface area contributed by atoms with Gasteiger partial charge in [-0.15, -0.1) is 11.8 Å². The van der Waals surface area contributed by atoms with Crippen LogP contribution in [0.5, 0.6) is 0 Å². The second-order valence-corrected chi connectivity index (χ2v) is 4.67. The zero-order valence-corrected chi connectivity index (χ0v) is 10.3. The first-order valence-corrected chi connectivity index (χ1v) is 6.05. The molecule has 0 saturated heterocycles. The van der Waals surface area contributed by atoms with Crippen LogP contribution in [-0.4, -0.2) is 19.5 Å². The molecule has 0 heterocycles. The van der Waals surface area contributed by atoms with Crippen molar-refractivity contribution >= 4 is 35.0 Å². The van der Waals surface area contributed by atoms with E-state index in [1.807, 2.05) is 18.2 Å². The molecular formula is C10H12Cl2OS. The third-order valence-electron chi connectivity index (χ3n) is 1.66. The Morgan fingerprint density at radius 1 is 1.29 bits per heavy atom. The Hall–Kier alpha value is 0.110. The quantitative estimate of drug-likeness (QED) is 0.575. The smallest absolute Gasteiger partial charge is 0.0556 e. The highest BCUT2D eigenvalue weighted by atomic mass is 35.5. The summed E-state index contributed by atoms with van der Waals surface area (Å²) in [6.45, 7) is 0.773. The molecule has 14 heavy (non-hydrogen) atoms. The van der Waals surface area contributed by atoms with E-state index >= 15 is 0 Å². The molecular weight excluding hydrogens is 239 g/mol. The summed E-state index contributed by atoms with van der Waals surface area (Å²) in [5.74, 6) is 0.970. The van der Waals surface area contributed by atoms with Crippen molar-refractivity contribution in [3.8, 4) is 0 Å². The minimum Gasteiger partial charge on any atom is -0.385 e. The van der Waals surface area contributed by atoms with E-state index in [0.717, 1.165) is 33.7 Å². The van der Waals surface area contributed by atoms with Crippen LogP contribution >= 0.6 is 35.0 Å². The molecule has 1 rings (SSSR count). The van der Waals surface area contributed by atoms with Crippen molar-refractivity contribution < 1.29 is 4.74 Å². The number of rotatable bonds is 5. The molecule has 1 aromatic carbocycles.